The maximum absolute atomic E-state index is 12.2. The van der Waals surface area contributed by atoms with Crippen LogP contribution in [-0.2, 0) is 23.9 Å². The molecule has 0 fully saturated rings. The molecule has 0 aromatic heterocycles. The molecule has 152 valence electrons. The van der Waals surface area contributed by atoms with E-state index in [4.69, 9.17) is 9.47 Å². The van der Waals surface area contributed by atoms with Crippen molar-refractivity contribution in [2.24, 2.45) is 17.3 Å². The van der Waals surface area contributed by atoms with Crippen LogP contribution in [0.5, 0.6) is 0 Å². The number of thioether (sulfide) groups is 1. The second kappa shape index (κ2) is 12.2. The number of nitrogens with zero attached hydrogens (tertiary/aromatic N) is 1. The van der Waals surface area contributed by atoms with E-state index >= 15 is 0 Å². The first-order valence-electron chi connectivity index (χ1n) is 9.14. The lowest BCUT2D eigenvalue weighted by atomic mass is 9.83. The Labute approximate surface area is 162 Å². The number of hydrogen-bond donors (Lipinski definition) is 0. The van der Waals surface area contributed by atoms with Crippen LogP contribution in [0, 0.1) is 17.3 Å². The van der Waals surface area contributed by atoms with Crippen molar-refractivity contribution in [1.29, 1.82) is 0 Å². The molecule has 7 heteroatoms. The van der Waals surface area contributed by atoms with Crippen LogP contribution in [0.25, 0.3) is 0 Å². The Hall–Kier alpha value is -1.24. The van der Waals surface area contributed by atoms with Gasteiger partial charge in [0.1, 0.15) is 6.61 Å². The van der Waals surface area contributed by atoms with E-state index in [9.17, 15) is 14.4 Å². The van der Waals surface area contributed by atoms with Gasteiger partial charge < -0.3 is 14.4 Å². The molecule has 0 bridgehead atoms. The number of rotatable bonds is 12. The molecule has 1 amide bonds. The van der Waals surface area contributed by atoms with Gasteiger partial charge in [-0.15, -0.1) is 0 Å². The predicted molar refractivity (Wildman–Crippen MR) is 105 cm³/mol. The van der Waals surface area contributed by atoms with Crippen LogP contribution in [0.15, 0.2) is 0 Å². The number of ether oxygens (including phenoxy) is 2. The van der Waals surface area contributed by atoms with Crippen LogP contribution < -0.4 is 0 Å². The summed E-state index contributed by atoms with van der Waals surface area (Å²) < 4.78 is 10.0. The van der Waals surface area contributed by atoms with Crippen LogP contribution >= 0.6 is 11.8 Å². The first-order valence-corrected chi connectivity index (χ1v) is 10.3. The lowest BCUT2D eigenvalue weighted by Crippen LogP contribution is -2.33. The van der Waals surface area contributed by atoms with Crippen molar-refractivity contribution in [2.45, 2.75) is 47.5 Å². The summed E-state index contributed by atoms with van der Waals surface area (Å²) in [4.78, 5) is 37.6. The van der Waals surface area contributed by atoms with E-state index in [1.807, 2.05) is 20.9 Å². The van der Waals surface area contributed by atoms with Gasteiger partial charge in [0, 0.05) is 31.0 Å². The number of esters is 2. The number of methoxy groups -OCH3 is 1. The standard InChI is InChI=1S/C19H35NO5S/c1-8-9-20(6)16(21)15(3)13-26-11-10-25-18(23)19(4,5)12-14(2)17(22)24-7/h14-15H,8-13H2,1-7H3. The maximum atomic E-state index is 12.2. The Bertz CT molecular complexity index is 467. The van der Waals surface area contributed by atoms with E-state index in [-0.39, 0.29) is 29.7 Å². The van der Waals surface area contributed by atoms with Crippen molar-refractivity contribution in [3.05, 3.63) is 0 Å². The Morgan fingerprint density at radius 1 is 1.15 bits per heavy atom. The van der Waals surface area contributed by atoms with Crippen molar-refractivity contribution >= 4 is 29.6 Å². The number of amides is 1. The smallest absolute Gasteiger partial charge is 0.311 e. The minimum absolute atomic E-state index is 0.0513. The highest BCUT2D eigenvalue weighted by Crippen LogP contribution is 2.27. The largest absolute Gasteiger partial charge is 0.469 e. The second-order valence-corrected chi connectivity index (χ2v) is 8.53. The van der Waals surface area contributed by atoms with Gasteiger partial charge in [-0.3, -0.25) is 14.4 Å². The molecular weight excluding hydrogens is 354 g/mol. The topological polar surface area (TPSA) is 72.9 Å². The molecule has 0 saturated heterocycles. The number of carbonyl (C=O) groups is 3. The van der Waals surface area contributed by atoms with Crippen molar-refractivity contribution in [1.82, 2.24) is 4.90 Å². The Kier molecular flexibility index (Phi) is 11.6. The number of carbonyl (C=O) groups excluding carboxylic acids is 3. The average Bonchev–Trinajstić information content (AvgIpc) is 2.59. The van der Waals surface area contributed by atoms with Gasteiger partial charge in [0.15, 0.2) is 0 Å². The van der Waals surface area contributed by atoms with Gasteiger partial charge in [-0.2, -0.15) is 11.8 Å². The zero-order chi connectivity index (χ0) is 20.3. The molecule has 0 aliphatic rings. The highest BCUT2D eigenvalue weighted by molar-refractivity contribution is 7.99. The van der Waals surface area contributed by atoms with Crippen molar-refractivity contribution < 1.29 is 23.9 Å². The average molecular weight is 390 g/mol. The summed E-state index contributed by atoms with van der Waals surface area (Å²) in [5.74, 6) is 0.438. The summed E-state index contributed by atoms with van der Waals surface area (Å²) in [5.41, 5.74) is -0.746. The normalized spacial score (nSPS) is 13.7. The first-order chi connectivity index (χ1) is 12.1. The molecule has 0 N–H and O–H groups in total. The lowest BCUT2D eigenvalue weighted by Gasteiger charge is -2.25. The van der Waals surface area contributed by atoms with Gasteiger partial charge in [0.25, 0.3) is 0 Å². The van der Waals surface area contributed by atoms with Gasteiger partial charge in [0.05, 0.1) is 18.4 Å². The first kappa shape index (κ1) is 24.8. The minimum Gasteiger partial charge on any atom is -0.469 e. The fourth-order valence-corrected chi connectivity index (χ4v) is 3.54. The van der Waals surface area contributed by atoms with E-state index in [0.717, 1.165) is 13.0 Å². The maximum Gasteiger partial charge on any atom is 0.311 e. The van der Waals surface area contributed by atoms with Gasteiger partial charge >= 0.3 is 11.9 Å². The molecular formula is C19H35NO5S. The van der Waals surface area contributed by atoms with E-state index in [1.165, 1.54) is 7.11 Å². The molecule has 0 heterocycles. The Morgan fingerprint density at radius 2 is 1.77 bits per heavy atom. The summed E-state index contributed by atoms with van der Waals surface area (Å²) in [6.45, 7) is 10.3. The van der Waals surface area contributed by atoms with Gasteiger partial charge in [-0.05, 0) is 26.7 Å². The molecule has 0 saturated carbocycles. The number of hydrogen-bond acceptors (Lipinski definition) is 6. The quantitative estimate of drug-likeness (QED) is 0.377. The van der Waals surface area contributed by atoms with Crippen LogP contribution in [-0.4, -0.2) is 61.6 Å². The van der Waals surface area contributed by atoms with Crippen LogP contribution in [0.2, 0.25) is 0 Å². The highest BCUT2D eigenvalue weighted by Gasteiger charge is 2.33. The monoisotopic (exact) mass is 389 g/mol. The summed E-state index contributed by atoms with van der Waals surface area (Å²) in [6.07, 6.45) is 1.32. The van der Waals surface area contributed by atoms with E-state index in [2.05, 4.69) is 0 Å². The summed E-state index contributed by atoms with van der Waals surface area (Å²) >= 11 is 1.60. The zero-order valence-corrected chi connectivity index (χ0v) is 18.1. The molecule has 2 atom stereocenters. The van der Waals surface area contributed by atoms with Gasteiger partial charge in [-0.1, -0.05) is 20.8 Å². The van der Waals surface area contributed by atoms with Crippen LogP contribution in [0.1, 0.15) is 47.5 Å². The predicted octanol–water partition coefficient (Wildman–Crippen LogP) is 2.99. The summed E-state index contributed by atoms with van der Waals surface area (Å²) in [5, 5.41) is 0. The molecule has 0 aliphatic heterocycles. The fourth-order valence-electron chi connectivity index (χ4n) is 2.68. The SMILES string of the molecule is CCCN(C)C(=O)C(C)CSCCOC(=O)C(C)(C)CC(C)C(=O)OC. The third-order valence-corrected chi connectivity index (χ3v) is 5.35. The van der Waals surface area contributed by atoms with Crippen LogP contribution in [0.3, 0.4) is 0 Å². The van der Waals surface area contributed by atoms with E-state index in [1.54, 1.807) is 37.4 Å². The Balaban J connectivity index is 4.14. The van der Waals surface area contributed by atoms with Crippen molar-refractivity contribution in [3.8, 4) is 0 Å². The fraction of sp³-hybridized carbons (Fsp3) is 0.842. The Morgan fingerprint density at radius 3 is 2.31 bits per heavy atom. The lowest BCUT2D eigenvalue weighted by molar-refractivity contribution is -0.156. The molecule has 2 unspecified atom stereocenters. The second-order valence-electron chi connectivity index (χ2n) is 7.38. The highest BCUT2D eigenvalue weighted by atomic mass is 32.2. The molecule has 0 radical (unpaired) electrons. The van der Waals surface area contributed by atoms with Gasteiger partial charge in [0.2, 0.25) is 5.91 Å². The molecule has 6 nitrogen and oxygen atoms in total. The zero-order valence-electron chi connectivity index (χ0n) is 17.3. The third-order valence-electron chi connectivity index (χ3n) is 4.16. The molecule has 26 heavy (non-hydrogen) atoms. The van der Waals surface area contributed by atoms with Crippen molar-refractivity contribution in [2.75, 3.05) is 38.8 Å². The molecule has 0 aliphatic carbocycles. The van der Waals surface area contributed by atoms with Crippen LogP contribution in [0.4, 0.5) is 0 Å². The van der Waals surface area contributed by atoms with Gasteiger partial charge in [-0.25, -0.2) is 0 Å². The molecule has 0 spiro atoms. The van der Waals surface area contributed by atoms with Crippen molar-refractivity contribution in [3.63, 3.8) is 0 Å². The molecule has 0 rings (SSSR count). The molecule has 0 aromatic rings. The summed E-state index contributed by atoms with van der Waals surface area (Å²) in [6, 6.07) is 0. The van der Waals surface area contributed by atoms with E-state index < -0.39 is 5.41 Å². The summed E-state index contributed by atoms with van der Waals surface area (Å²) in [7, 11) is 3.17. The molecule has 0 aromatic carbocycles. The minimum atomic E-state index is -0.746. The third kappa shape index (κ3) is 8.92. The van der Waals surface area contributed by atoms with E-state index in [0.29, 0.717) is 24.5 Å².